The lowest BCUT2D eigenvalue weighted by Gasteiger charge is -2.07. The van der Waals surface area contributed by atoms with Crippen molar-refractivity contribution in [1.29, 1.82) is 0 Å². The highest BCUT2D eigenvalue weighted by Crippen LogP contribution is 2.31. The van der Waals surface area contributed by atoms with Crippen LogP contribution in [0.5, 0.6) is 5.75 Å². The van der Waals surface area contributed by atoms with Crippen molar-refractivity contribution in [3.63, 3.8) is 0 Å². The van der Waals surface area contributed by atoms with Gasteiger partial charge in [-0.15, -0.1) is 0 Å². The molecule has 0 aliphatic heterocycles. The Hall–Kier alpha value is -1.13. The summed E-state index contributed by atoms with van der Waals surface area (Å²) < 4.78 is 31.3. The number of ether oxygens (including phenoxy) is 1. The van der Waals surface area contributed by atoms with Crippen LogP contribution in [0.15, 0.2) is 12.1 Å². The van der Waals surface area contributed by atoms with Gasteiger partial charge in [0.2, 0.25) is 5.82 Å². The van der Waals surface area contributed by atoms with Gasteiger partial charge in [-0.2, -0.15) is 4.39 Å². The third-order valence-corrected chi connectivity index (χ3v) is 2.06. The first kappa shape index (κ1) is 11.9. The van der Waals surface area contributed by atoms with Crippen LogP contribution < -0.4 is 10.5 Å². The summed E-state index contributed by atoms with van der Waals surface area (Å²) >= 11 is 5.69. The van der Waals surface area contributed by atoms with Crippen LogP contribution in [0.1, 0.15) is 5.56 Å². The maximum Gasteiger partial charge on any atom is 0.202 e. The average molecular weight is 234 g/mol. The third kappa shape index (κ3) is 2.46. The van der Waals surface area contributed by atoms with E-state index in [0.717, 1.165) is 0 Å². The average Bonchev–Trinajstić information content (AvgIpc) is 2.22. The van der Waals surface area contributed by atoms with E-state index in [1.54, 1.807) is 0 Å². The van der Waals surface area contributed by atoms with E-state index in [-0.39, 0.29) is 22.9 Å². The summed E-state index contributed by atoms with van der Waals surface area (Å²) in [6, 6.07) is 1.28. The zero-order valence-corrected chi connectivity index (χ0v) is 8.81. The highest BCUT2D eigenvalue weighted by molar-refractivity contribution is 6.32. The zero-order chi connectivity index (χ0) is 11.4. The maximum atomic E-state index is 13.3. The topological polar surface area (TPSA) is 35.2 Å². The van der Waals surface area contributed by atoms with Crippen molar-refractivity contribution in [3.05, 3.63) is 34.4 Å². The lowest BCUT2D eigenvalue weighted by Crippen LogP contribution is -1.97. The largest absolute Gasteiger partial charge is 0.492 e. The molecule has 0 saturated carbocycles. The lowest BCUT2D eigenvalue weighted by molar-refractivity contribution is 0.372. The lowest BCUT2D eigenvalue weighted by atomic mass is 10.1. The smallest absolute Gasteiger partial charge is 0.202 e. The zero-order valence-electron chi connectivity index (χ0n) is 8.06. The molecule has 1 rings (SSSR count). The minimum Gasteiger partial charge on any atom is -0.492 e. The first-order valence-corrected chi connectivity index (χ1v) is 4.57. The van der Waals surface area contributed by atoms with Gasteiger partial charge in [-0.05, 0) is 6.07 Å². The molecule has 5 heteroatoms. The van der Waals surface area contributed by atoms with Crippen LogP contribution in [0.3, 0.4) is 0 Å². The molecule has 0 amide bonds. The fourth-order valence-electron chi connectivity index (χ4n) is 1.10. The first-order chi connectivity index (χ1) is 7.11. The molecule has 1 aromatic carbocycles. The van der Waals surface area contributed by atoms with Crippen molar-refractivity contribution in [2.75, 3.05) is 13.7 Å². The molecule has 82 valence electrons. The molecule has 2 N–H and O–H groups in total. The first-order valence-electron chi connectivity index (χ1n) is 4.20. The molecule has 0 saturated heterocycles. The molecule has 0 radical (unpaired) electrons. The van der Waals surface area contributed by atoms with Crippen molar-refractivity contribution in [1.82, 2.24) is 0 Å². The van der Waals surface area contributed by atoms with Gasteiger partial charge >= 0.3 is 0 Å². The number of hydrogen-bond acceptors (Lipinski definition) is 2. The molecule has 0 fully saturated rings. The Balaban J connectivity index is 3.27. The number of hydrogen-bond donors (Lipinski definition) is 1. The van der Waals surface area contributed by atoms with E-state index >= 15 is 0 Å². The van der Waals surface area contributed by atoms with Gasteiger partial charge in [0.15, 0.2) is 11.6 Å². The number of halogens is 3. The maximum absolute atomic E-state index is 13.3. The van der Waals surface area contributed by atoms with Crippen LogP contribution in [0.2, 0.25) is 5.02 Å². The van der Waals surface area contributed by atoms with E-state index < -0.39 is 11.6 Å². The van der Waals surface area contributed by atoms with Crippen LogP contribution in [-0.2, 0) is 0 Å². The highest BCUT2D eigenvalue weighted by Gasteiger charge is 2.16. The summed E-state index contributed by atoms with van der Waals surface area (Å²) in [7, 11) is 1.22. The van der Waals surface area contributed by atoms with E-state index in [9.17, 15) is 8.78 Å². The molecule has 0 bridgehead atoms. The Kier molecular flexibility index (Phi) is 4.05. The molecule has 1 aromatic rings. The monoisotopic (exact) mass is 233 g/mol. The summed E-state index contributed by atoms with van der Waals surface area (Å²) in [4.78, 5) is 0. The number of benzene rings is 1. The molecule has 0 aromatic heterocycles. The normalized spacial score (nSPS) is 11.0. The van der Waals surface area contributed by atoms with E-state index in [0.29, 0.717) is 0 Å². The predicted octanol–water partition coefficient (Wildman–Crippen LogP) is 2.60. The summed E-state index contributed by atoms with van der Waals surface area (Å²) in [5.41, 5.74) is 5.24. The Morgan fingerprint density at radius 3 is 2.67 bits per heavy atom. The molecule has 0 unspecified atom stereocenters. The highest BCUT2D eigenvalue weighted by atomic mass is 35.5. The van der Waals surface area contributed by atoms with Crippen molar-refractivity contribution in [2.24, 2.45) is 5.73 Å². The Labute approximate surface area is 91.3 Å². The Bertz CT molecular complexity index is 393. The van der Waals surface area contributed by atoms with E-state index in [2.05, 4.69) is 4.74 Å². The van der Waals surface area contributed by atoms with Crippen LogP contribution >= 0.6 is 11.6 Å². The van der Waals surface area contributed by atoms with Crippen molar-refractivity contribution in [3.8, 4) is 5.75 Å². The van der Waals surface area contributed by atoms with Gasteiger partial charge in [-0.25, -0.2) is 4.39 Å². The quantitative estimate of drug-likeness (QED) is 0.815. The summed E-state index contributed by atoms with van der Waals surface area (Å²) in [5.74, 6) is -2.39. The SMILES string of the molecule is COc1c(Cl)cc(/C=C/CN)c(F)c1F. The van der Waals surface area contributed by atoms with Gasteiger partial charge in [0.05, 0.1) is 12.1 Å². The predicted molar refractivity (Wildman–Crippen MR) is 56.0 cm³/mol. The Morgan fingerprint density at radius 1 is 1.47 bits per heavy atom. The molecular weight excluding hydrogens is 224 g/mol. The van der Waals surface area contributed by atoms with Gasteiger partial charge < -0.3 is 10.5 Å². The van der Waals surface area contributed by atoms with Crippen molar-refractivity contribution >= 4 is 17.7 Å². The van der Waals surface area contributed by atoms with Gasteiger partial charge in [-0.1, -0.05) is 23.8 Å². The molecular formula is C10H10ClF2NO. The fraction of sp³-hybridized carbons (Fsp3) is 0.200. The third-order valence-electron chi connectivity index (χ3n) is 1.78. The number of rotatable bonds is 3. The molecule has 0 heterocycles. The summed E-state index contributed by atoms with van der Waals surface area (Å²) in [6.45, 7) is 0.241. The number of methoxy groups -OCH3 is 1. The van der Waals surface area contributed by atoms with E-state index in [4.69, 9.17) is 17.3 Å². The van der Waals surface area contributed by atoms with Gasteiger partial charge in [0.25, 0.3) is 0 Å². The van der Waals surface area contributed by atoms with Crippen LogP contribution in [0, 0.1) is 11.6 Å². The van der Waals surface area contributed by atoms with Gasteiger partial charge in [0, 0.05) is 12.1 Å². The second-order valence-electron chi connectivity index (χ2n) is 2.75. The Morgan fingerprint density at radius 2 is 2.13 bits per heavy atom. The number of nitrogens with two attached hydrogens (primary N) is 1. The van der Waals surface area contributed by atoms with Crippen LogP contribution in [0.25, 0.3) is 6.08 Å². The van der Waals surface area contributed by atoms with E-state index in [1.165, 1.54) is 25.3 Å². The second kappa shape index (κ2) is 5.09. The molecule has 15 heavy (non-hydrogen) atoms. The molecule has 0 spiro atoms. The van der Waals surface area contributed by atoms with E-state index in [1.807, 2.05) is 0 Å². The molecule has 0 aliphatic carbocycles. The van der Waals surface area contributed by atoms with Crippen molar-refractivity contribution in [2.45, 2.75) is 0 Å². The van der Waals surface area contributed by atoms with Gasteiger partial charge in [0.1, 0.15) is 0 Å². The minimum atomic E-state index is -1.10. The van der Waals surface area contributed by atoms with Crippen LogP contribution in [-0.4, -0.2) is 13.7 Å². The minimum absolute atomic E-state index is 0.0214. The summed E-state index contributed by atoms with van der Waals surface area (Å²) in [5, 5.41) is 0.0214. The van der Waals surface area contributed by atoms with Crippen molar-refractivity contribution < 1.29 is 13.5 Å². The standard InChI is InChI=1S/C10H10ClF2NO/c1-15-10-7(11)5-6(3-2-4-14)8(12)9(10)13/h2-3,5H,4,14H2,1H3/b3-2+. The van der Waals surface area contributed by atoms with Crippen LogP contribution in [0.4, 0.5) is 8.78 Å². The molecule has 0 atom stereocenters. The fourth-order valence-corrected chi connectivity index (χ4v) is 1.38. The molecule has 2 nitrogen and oxygen atoms in total. The second-order valence-corrected chi connectivity index (χ2v) is 3.15. The summed E-state index contributed by atoms with van der Waals surface area (Å²) in [6.07, 6.45) is 2.87. The molecule has 0 aliphatic rings. The van der Waals surface area contributed by atoms with Gasteiger partial charge in [-0.3, -0.25) is 0 Å².